The molecule has 5 heteroatoms. The Bertz CT molecular complexity index is 558. The second-order valence-electron chi connectivity index (χ2n) is 5.53. The van der Waals surface area contributed by atoms with Crippen molar-refractivity contribution in [1.82, 2.24) is 10.2 Å². The van der Waals surface area contributed by atoms with Crippen LogP contribution in [0.1, 0.15) is 18.4 Å². The Hall–Kier alpha value is -2.04. The molecule has 1 aromatic carbocycles. The number of hydrogen-bond donors (Lipinski definition) is 1. The molecule has 20 heavy (non-hydrogen) atoms. The minimum absolute atomic E-state index is 0.0125. The molecule has 0 bridgehead atoms. The summed E-state index contributed by atoms with van der Waals surface area (Å²) in [5.41, 5.74) is 0.558. The van der Waals surface area contributed by atoms with Crippen LogP contribution in [0, 0.1) is 5.41 Å². The lowest BCUT2D eigenvalue weighted by molar-refractivity contribution is -0.167. The number of ether oxygens (including phenoxy) is 1. The largest absolute Gasteiger partial charge is 0.496 e. The Balaban J connectivity index is 1.70. The van der Waals surface area contributed by atoms with E-state index in [2.05, 4.69) is 5.32 Å². The third-order valence-electron chi connectivity index (χ3n) is 4.21. The van der Waals surface area contributed by atoms with Gasteiger partial charge in [-0.15, -0.1) is 0 Å². The molecular weight excluding hydrogens is 256 g/mol. The Morgan fingerprint density at radius 2 is 2.15 bits per heavy atom. The normalized spacial score (nSPS) is 25.4. The summed E-state index contributed by atoms with van der Waals surface area (Å²) in [7, 11) is 1.63. The standard InChI is InChI=1S/C15H18N2O3/c1-20-12-5-3-2-4-11(12)9-17-10-15(14(17)19)6-7-16-13(18)8-15/h2-5H,6-10H2,1H3,(H,16,18). The molecule has 0 aliphatic carbocycles. The first-order chi connectivity index (χ1) is 9.64. The fraction of sp³-hybridized carbons (Fsp3) is 0.467. The third kappa shape index (κ3) is 2.03. The predicted molar refractivity (Wildman–Crippen MR) is 73.1 cm³/mol. The first-order valence-corrected chi connectivity index (χ1v) is 6.83. The number of β-lactam (4-membered cyclic amide) rings is 1. The van der Waals surface area contributed by atoms with E-state index in [4.69, 9.17) is 4.74 Å². The van der Waals surface area contributed by atoms with Crippen LogP contribution in [0.15, 0.2) is 24.3 Å². The fourth-order valence-corrected chi connectivity index (χ4v) is 3.13. The van der Waals surface area contributed by atoms with E-state index in [-0.39, 0.29) is 11.8 Å². The van der Waals surface area contributed by atoms with Crippen molar-refractivity contribution < 1.29 is 14.3 Å². The second kappa shape index (κ2) is 4.81. The smallest absolute Gasteiger partial charge is 0.231 e. The molecule has 1 atom stereocenters. The van der Waals surface area contributed by atoms with Gasteiger partial charge in [-0.3, -0.25) is 9.59 Å². The molecule has 2 fully saturated rings. The van der Waals surface area contributed by atoms with Crippen molar-refractivity contribution in [3.8, 4) is 5.75 Å². The van der Waals surface area contributed by atoms with Crippen molar-refractivity contribution in [3.63, 3.8) is 0 Å². The molecule has 5 nitrogen and oxygen atoms in total. The van der Waals surface area contributed by atoms with Crippen LogP contribution >= 0.6 is 0 Å². The maximum atomic E-state index is 12.4. The number of piperidine rings is 1. The summed E-state index contributed by atoms with van der Waals surface area (Å²) < 4.78 is 5.30. The fourth-order valence-electron chi connectivity index (χ4n) is 3.13. The molecule has 2 amide bonds. The van der Waals surface area contributed by atoms with Crippen molar-refractivity contribution in [3.05, 3.63) is 29.8 Å². The van der Waals surface area contributed by atoms with Crippen molar-refractivity contribution in [2.75, 3.05) is 20.2 Å². The predicted octanol–water partition coefficient (Wildman–Crippen LogP) is 0.934. The number of likely N-dealkylation sites (tertiary alicyclic amines) is 1. The molecule has 0 aromatic heterocycles. The van der Waals surface area contributed by atoms with Gasteiger partial charge in [-0.25, -0.2) is 0 Å². The van der Waals surface area contributed by atoms with E-state index in [1.165, 1.54) is 0 Å². The molecule has 106 valence electrons. The summed E-state index contributed by atoms with van der Waals surface area (Å²) in [6.45, 7) is 1.82. The number of hydrogen-bond acceptors (Lipinski definition) is 3. The molecule has 2 saturated heterocycles. The minimum Gasteiger partial charge on any atom is -0.496 e. The number of carbonyl (C=O) groups is 2. The molecule has 2 aliphatic rings. The Kier molecular flexibility index (Phi) is 3.12. The zero-order valence-electron chi connectivity index (χ0n) is 11.5. The number of benzene rings is 1. The van der Waals surface area contributed by atoms with E-state index < -0.39 is 5.41 Å². The van der Waals surface area contributed by atoms with Crippen LogP contribution in [0.4, 0.5) is 0 Å². The number of methoxy groups -OCH3 is 1. The molecule has 0 saturated carbocycles. The van der Waals surface area contributed by atoms with Gasteiger partial charge in [0.05, 0.1) is 12.5 Å². The highest BCUT2D eigenvalue weighted by molar-refractivity contribution is 5.94. The molecule has 2 aliphatic heterocycles. The summed E-state index contributed by atoms with van der Waals surface area (Å²) in [6.07, 6.45) is 1.08. The number of nitrogens with one attached hydrogen (secondary N) is 1. The highest BCUT2D eigenvalue weighted by atomic mass is 16.5. The van der Waals surface area contributed by atoms with Gasteiger partial charge in [0, 0.05) is 31.6 Å². The van der Waals surface area contributed by atoms with Crippen molar-refractivity contribution in [1.29, 1.82) is 0 Å². The van der Waals surface area contributed by atoms with Gasteiger partial charge in [0.25, 0.3) is 0 Å². The van der Waals surface area contributed by atoms with Crippen LogP contribution in [-0.2, 0) is 16.1 Å². The SMILES string of the molecule is COc1ccccc1CN1CC2(CCNC(=O)C2)C1=O. The van der Waals surface area contributed by atoms with Gasteiger partial charge in [-0.1, -0.05) is 18.2 Å². The lowest BCUT2D eigenvalue weighted by atomic mass is 9.71. The van der Waals surface area contributed by atoms with Crippen LogP contribution in [-0.4, -0.2) is 36.9 Å². The van der Waals surface area contributed by atoms with Gasteiger partial charge in [0.15, 0.2) is 0 Å². The average molecular weight is 274 g/mol. The molecular formula is C15H18N2O3. The average Bonchev–Trinajstić information content (AvgIpc) is 2.47. The van der Waals surface area contributed by atoms with Crippen LogP contribution < -0.4 is 10.1 Å². The molecule has 1 unspecified atom stereocenters. The summed E-state index contributed by atoms with van der Waals surface area (Å²) in [4.78, 5) is 25.7. The monoisotopic (exact) mass is 274 g/mol. The van der Waals surface area contributed by atoms with Gasteiger partial charge in [0.1, 0.15) is 5.75 Å². The molecule has 2 heterocycles. The molecule has 1 spiro atoms. The van der Waals surface area contributed by atoms with Crippen molar-refractivity contribution in [2.45, 2.75) is 19.4 Å². The van der Waals surface area contributed by atoms with Crippen LogP contribution in [0.3, 0.4) is 0 Å². The van der Waals surface area contributed by atoms with E-state index in [1.54, 1.807) is 12.0 Å². The van der Waals surface area contributed by atoms with Gasteiger partial charge < -0.3 is 15.0 Å². The number of nitrogens with zero attached hydrogens (tertiary/aromatic N) is 1. The summed E-state index contributed by atoms with van der Waals surface area (Å²) >= 11 is 0. The van der Waals surface area contributed by atoms with Crippen LogP contribution in [0.25, 0.3) is 0 Å². The summed E-state index contributed by atoms with van der Waals surface area (Å²) in [6, 6.07) is 7.70. The quantitative estimate of drug-likeness (QED) is 0.834. The van der Waals surface area contributed by atoms with E-state index in [9.17, 15) is 9.59 Å². The maximum absolute atomic E-state index is 12.4. The van der Waals surface area contributed by atoms with E-state index >= 15 is 0 Å². The molecule has 1 aromatic rings. The Labute approximate surface area is 117 Å². The summed E-state index contributed by atoms with van der Waals surface area (Å²) in [5.74, 6) is 0.877. The molecule has 1 N–H and O–H groups in total. The van der Waals surface area contributed by atoms with Crippen LogP contribution in [0.5, 0.6) is 5.75 Å². The van der Waals surface area contributed by atoms with E-state index in [0.29, 0.717) is 26.1 Å². The second-order valence-corrected chi connectivity index (χ2v) is 5.53. The third-order valence-corrected chi connectivity index (χ3v) is 4.21. The first kappa shape index (κ1) is 13.0. The topological polar surface area (TPSA) is 58.6 Å². The van der Waals surface area contributed by atoms with Crippen molar-refractivity contribution in [2.24, 2.45) is 5.41 Å². The number of amides is 2. The van der Waals surface area contributed by atoms with Gasteiger partial charge in [-0.2, -0.15) is 0 Å². The maximum Gasteiger partial charge on any atom is 0.231 e. The Morgan fingerprint density at radius 1 is 1.35 bits per heavy atom. The lowest BCUT2D eigenvalue weighted by Gasteiger charge is -2.50. The van der Waals surface area contributed by atoms with Gasteiger partial charge in [0.2, 0.25) is 11.8 Å². The highest BCUT2D eigenvalue weighted by Gasteiger charge is 2.53. The van der Waals surface area contributed by atoms with E-state index in [1.807, 2.05) is 24.3 Å². The summed E-state index contributed by atoms with van der Waals surface area (Å²) in [5, 5.41) is 2.78. The number of carbonyl (C=O) groups excluding carboxylic acids is 2. The highest BCUT2D eigenvalue weighted by Crippen LogP contribution is 2.41. The lowest BCUT2D eigenvalue weighted by Crippen LogP contribution is -2.64. The first-order valence-electron chi connectivity index (χ1n) is 6.83. The van der Waals surface area contributed by atoms with Gasteiger partial charge in [-0.05, 0) is 12.5 Å². The zero-order valence-corrected chi connectivity index (χ0v) is 11.5. The number of rotatable bonds is 3. The molecule has 3 rings (SSSR count). The Morgan fingerprint density at radius 3 is 2.85 bits per heavy atom. The minimum atomic E-state index is -0.440. The zero-order chi connectivity index (χ0) is 14.2. The van der Waals surface area contributed by atoms with E-state index in [0.717, 1.165) is 17.7 Å². The van der Waals surface area contributed by atoms with Crippen molar-refractivity contribution >= 4 is 11.8 Å². The molecule has 0 radical (unpaired) electrons. The van der Waals surface area contributed by atoms with Crippen LogP contribution in [0.2, 0.25) is 0 Å². The number of para-hydroxylation sites is 1. The van der Waals surface area contributed by atoms with Gasteiger partial charge >= 0.3 is 0 Å².